The van der Waals surface area contributed by atoms with Crippen molar-refractivity contribution in [3.63, 3.8) is 0 Å². The van der Waals surface area contributed by atoms with Crippen molar-refractivity contribution in [2.75, 3.05) is 19.8 Å². The van der Waals surface area contributed by atoms with Crippen LogP contribution in [-0.4, -0.2) is 63.9 Å². The molecule has 8 atom stereocenters. The normalized spacial score (nSPS) is 30.0. The van der Waals surface area contributed by atoms with E-state index in [1.807, 2.05) is 30.3 Å². The molecule has 3 fully saturated rings. The Labute approximate surface area is 270 Å². The van der Waals surface area contributed by atoms with Gasteiger partial charge in [0.05, 0.1) is 23.1 Å². The topological polar surface area (TPSA) is 55.4 Å². The van der Waals surface area contributed by atoms with Gasteiger partial charge in [0.1, 0.15) is 12.4 Å². The molecule has 1 aromatic rings. The number of ether oxygens (including phenoxy) is 5. The van der Waals surface area contributed by atoms with E-state index in [0.29, 0.717) is 6.61 Å². The minimum Gasteiger partial charge on any atom is -0.491 e. The predicted octanol–water partition coefficient (Wildman–Crippen LogP) is 8.48. The SMILES string of the molecule is C#C[C@@H](Br)CC1C(O[Si](C)(C)C(C)(C)C)CC(OC2CCCCO2)C1CCC(COc1ccccc1)OC1CCCCO1. The van der Waals surface area contributed by atoms with Crippen molar-refractivity contribution in [1.29, 1.82) is 0 Å². The highest BCUT2D eigenvalue weighted by Gasteiger charge is 2.49. The summed E-state index contributed by atoms with van der Waals surface area (Å²) in [6.45, 7) is 13.6. The molecular weight excluding hydrogens is 624 g/mol. The summed E-state index contributed by atoms with van der Waals surface area (Å²) in [6.07, 6.45) is 15.5. The van der Waals surface area contributed by atoms with Gasteiger partial charge in [-0.25, -0.2) is 0 Å². The second-order valence-corrected chi connectivity index (χ2v) is 19.9. The Bertz CT molecular complexity index is 982. The molecular formula is C35H55BrO6Si. The zero-order valence-electron chi connectivity index (χ0n) is 27.1. The van der Waals surface area contributed by atoms with Crippen molar-refractivity contribution < 1.29 is 28.1 Å². The van der Waals surface area contributed by atoms with Crippen molar-refractivity contribution in [3.8, 4) is 18.1 Å². The predicted molar refractivity (Wildman–Crippen MR) is 178 cm³/mol. The van der Waals surface area contributed by atoms with Gasteiger partial charge in [0, 0.05) is 13.2 Å². The van der Waals surface area contributed by atoms with Crippen molar-refractivity contribution in [2.45, 2.75) is 139 Å². The first-order chi connectivity index (χ1) is 20.6. The second kappa shape index (κ2) is 16.6. The molecule has 8 heteroatoms. The number of para-hydroxylation sites is 1. The van der Waals surface area contributed by atoms with Crippen LogP contribution in [0.1, 0.15) is 85.0 Å². The highest BCUT2D eigenvalue weighted by atomic mass is 79.9. The summed E-state index contributed by atoms with van der Waals surface area (Å²) < 4.78 is 38.8. The lowest BCUT2D eigenvalue weighted by Gasteiger charge is -2.40. The standard InChI is InChI=1S/C35H55BrO6Si/c1-7-26(36)23-30-29(20-19-28(40-33-17-11-13-21-37-33)25-39-27-15-9-8-10-16-27)31(41-34-18-12-14-22-38-34)24-32(30)42-43(5,6)35(2,3)4/h1,8-10,15-16,26,28-34H,11-14,17-25H2,2-6H3/t26-,28?,29?,30?,31?,32?,33?,34?/m1/s1. The van der Waals surface area contributed by atoms with E-state index in [1.54, 1.807) is 0 Å². The maximum Gasteiger partial charge on any atom is 0.192 e. The zero-order valence-corrected chi connectivity index (χ0v) is 29.7. The molecule has 0 amide bonds. The molecule has 0 radical (unpaired) electrons. The molecule has 0 aromatic heterocycles. The van der Waals surface area contributed by atoms with E-state index in [4.69, 9.17) is 34.5 Å². The van der Waals surface area contributed by atoms with E-state index < -0.39 is 8.32 Å². The Morgan fingerprint density at radius 1 is 0.977 bits per heavy atom. The number of hydrogen-bond acceptors (Lipinski definition) is 6. The van der Waals surface area contributed by atoms with Gasteiger partial charge in [-0.2, -0.15) is 0 Å². The molecule has 1 aliphatic carbocycles. The highest BCUT2D eigenvalue weighted by molar-refractivity contribution is 9.09. The van der Waals surface area contributed by atoms with Gasteiger partial charge in [0.2, 0.25) is 0 Å². The average molecular weight is 680 g/mol. The van der Waals surface area contributed by atoms with Gasteiger partial charge >= 0.3 is 0 Å². The highest BCUT2D eigenvalue weighted by Crippen LogP contribution is 2.47. The number of terminal acetylenes is 1. The van der Waals surface area contributed by atoms with E-state index in [0.717, 1.165) is 83.2 Å². The molecule has 7 unspecified atom stereocenters. The van der Waals surface area contributed by atoms with Crippen molar-refractivity contribution in [3.05, 3.63) is 30.3 Å². The van der Waals surface area contributed by atoms with Gasteiger partial charge in [0.15, 0.2) is 20.9 Å². The number of alkyl halides is 1. The summed E-state index contributed by atoms with van der Waals surface area (Å²) in [6, 6.07) is 9.99. The maximum atomic E-state index is 7.16. The van der Waals surface area contributed by atoms with Gasteiger partial charge in [-0.3, -0.25) is 0 Å². The number of benzene rings is 1. The fraction of sp³-hybridized carbons (Fsp3) is 0.771. The third-order valence-electron chi connectivity index (χ3n) is 9.83. The first kappa shape index (κ1) is 34.9. The summed E-state index contributed by atoms with van der Waals surface area (Å²) in [7, 11) is -2.02. The lowest BCUT2D eigenvalue weighted by atomic mass is 9.85. The van der Waals surface area contributed by atoms with E-state index >= 15 is 0 Å². The summed E-state index contributed by atoms with van der Waals surface area (Å²) in [5.74, 6) is 4.32. The molecule has 1 aromatic carbocycles. The second-order valence-electron chi connectivity index (χ2n) is 14.1. The van der Waals surface area contributed by atoms with Crippen LogP contribution in [-0.2, 0) is 23.4 Å². The minimum absolute atomic E-state index is 0.0145. The van der Waals surface area contributed by atoms with Crippen molar-refractivity contribution >= 4 is 24.2 Å². The monoisotopic (exact) mass is 678 g/mol. The van der Waals surface area contributed by atoms with Crippen LogP contribution in [0.2, 0.25) is 18.1 Å². The third kappa shape index (κ3) is 10.6. The first-order valence-corrected chi connectivity index (χ1v) is 20.4. The molecule has 242 valence electrons. The Kier molecular flexibility index (Phi) is 13.5. The van der Waals surface area contributed by atoms with Gasteiger partial charge < -0.3 is 28.1 Å². The van der Waals surface area contributed by atoms with Crippen LogP contribution in [0.25, 0.3) is 0 Å². The summed E-state index contributed by atoms with van der Waals surface area (Å²) in [4.78, 5) is -0.0145. The molecule has 2 saturated heterocycles. The van der Waals surface area contributed by atoms with Crippen LogP contribution in [0.15, 0.2) is 30.3 Å². The number of rotatable bonds is 14. The van der Waals surface area contributed by atoms with Crippen LogP contribution >= 0.6 is 15.9 Å². The zero-order chi connectivity index (χ0) is 30.9. The molecule has 43 heavy (non-hydrogen) atoms. The minimum atomic E-state index is -2.02. The first-order valence-electron chi connectivity index (χ1n) is 16.6. The third-order valence-corrected chi connectivity index (χ3v) is 15.0. The summed E-state index contributed by atoms with van der Waals surface area (Å²) in [5.41, 5.74) is 0. The molecule has 0 bridgehead atoms. The van der Waals surface area contributed by atoms with Crippen LogP contribution in [0, 0.1) is 24.2 Å². The fourth-order valence-corrected chi connectivity index (χ4v) is 8.15. The molecule has 3 aliphatic rings. The molecule has 2 aliphatic heterocycles. The summed E-state index contributed by atoms with van der Waals surface area (Å²) in [5, 5.41) is 0.117. The largest absolute Gasteiger partial charge is 0.491 e. The fourth-order valence-electron chi connectivity index (χ4n) is 6.33. The smallest absolute Gasteiger partial charge is 0.192 e. The molecule has 0 spiro atoms. The van der Waals surface area contributed by atoms with E-state index in [-0.39, 0.29) is 52.6 Å². The van der Waals surface area contributed by atoms with Crippen LogP contribution < -0.4 is 4.74 Å². The molecule has 1 saturated carbocycles. The lowest BCUT2D eigenvalue weighted by molar-refractivity contribution is -0.202. The van der Waals surface area contributed by atoms with Gasteiger partial charge in [-0.1, -0.05) is 60.8 Å². The Morgan fingerprint density at radius 3 is 2.26 bits per heavy atom. The average Bonchev–Trinajstić information content (AvgIpc) is 3.29. The molecule has 4 rings (SSSR count). The van der Waals surface area contributed by atoms with Gasteiger partial charge in [-0.15, -0.1) is 6.42 Å². The number of hydrogen-bond donors (Lipinski definition) is 0. The van der Waals surface area contributed by atoms with Crippen molar-refractivity contribution in [2.24, 2.45) is 11.8 Å². The molecule has 0 N–H and O–H groups in total. The van der Waals surface area contributed by atoms with Crippen molar-refractivity contribution in [1.82, 2.24) is 0 Å². The van der Waals surface area contributed by atoms with E-state index in [1.165, 1.54) is 0 Å². The summed E-state index contributed by atoms with van der Waals surface area (Å²) >= 11 is 3.77. The quantitative estimate of drug-likeness (QED) is 0.112. The van der Waals surface area contributed by atoms with Crippen LogP contribution in [0.3, 0.4) is 0 Å². The number of halogens is 1. The lowest BCUT2D eigenvalue weighted by Crippen LogP contribution is -2.45. The van der Waals surface area contributed by atoms with Crippen LogP contribution in [0.5, 0.6) is 5.75 Å². The van der Waals surface area contributed by atoms with E-state index in [2.05, 4.69) is 55.7 Å². The maximum absolute atomic E-state index is 7.16. The molecule has 6 nitrogen and oxygen atoms in total. The molecule has 2 heterocycles. The van der Waals surface area contributed by atoms with E-state index in [9.17, 15) is 0 Å². The Hall–Kier alpha value is -0.923. The van der Waals surface area contributed by atoms with Gasteiger partial charge in [0.25, 0.3) is 0 Å². The Morgan fingerprint density at radius 2 is 1.65 bits per heavy atom. The van der Waals surface area contributed by atoms with Crippen LogP contribution in [0.4, 0.5) is 0 Å². The Balaban J connectivity index is 1.54. The van der Waals surface area contributed by atoms with Gasteiger partial charge in [-0.05, 0) is 106 Å².